The molecular formula is C19H20N2O2S. The van der Waals surface area contributed by atoms with E-state index in [1.807, 2.05) is 12.1 Å². The first-order chi connectivity index (χ1) is 11.7. The summed E-state index contributed by atoms with van der Waals surface area (Å²) >= 11 is 1.48. The van der Waals surface area contributed by atoms with Crippen LogP contribution in [0.3, 0.4) is 0 Å². The molecule has 3 aromatic rings. The van der Waals surface area contributed by atoms with E-state index in [9.17, 15) is 4.79 Å². The molecule has 2 heterocycles. The molecule has 0 radical (unpaired) electrons. The number of carbonyl (C=O) groups is 1. The standard InChI is InChI=1S/C19H20N2O2S/c1-3-14-10-15-7-6-13(2)9-17(15)21-19(14)24-12-18(22)20-11-16-5-4-8-23-16/h4-10H,3,11-12H2,1-2H3,(H,20,22). The van der Waals surface area contributed by atoms with Crippen molar-refractivity contribution < 1.29 is 9.21 Å². The van der Waals surface area contributed by atoms with E-state index in [0.717, 1.165) is 28.1 Å². The number of rotatable bonds is 6. The molecule has 1 N–H and O–H groups in total. The summed E-state index contributed by atoms with van der Waals surface area (Å²) in [6.45, 7) is 4.58. The van der Waals surface area contributed by atoms with Crippen molar-refractivity contribution in [3.63, 3.8) is 0 Å². The quantitative estimate of drug-likeness (QED) is 0.686. The van der Waals surface area contributed by atoms with Crippen molar-refractivity contribution >= 4 is 28.6 Å². The van der Waals surface area contributed by atoms with Gasteiger partial charge in [0.15, 0.2) is 0 Å². The van der Waals surface area contributed by atoms with Gasteiger partial charge in [-0.15, -0.1) is 0 Å². The number of benzene rings is 1. The number of nitrogens with one attached hydrogen (secondary N) is 1. The molecule has 4 nitrogen and oxygen atoms in total. The highest BCUT2D eigenvalue weighted by Gasteiger charge is 2.10. The predicted octanol–water partition coefficient (Wildman–Crippen LogP) is 4.11. The fraction of sp³-hybridized carbons (Fsp3) is 0.263. The Balaban J connectivity index is 1.68. The predicted molar refractivity (Wildman–Crippen MR) is 97.1 cm³/mol. The third-order valence-electron chi connectivity index (χ3n) is 3.77. The van der Waals surface area contributed by atoms with Gasteiger partial charge in [-0.2, -0.15) is 0 Å². The lowest BCUT2D eigenvalue weighted by Gasteiger charge is -2.09. The van der Waals surface area contributed by atoms with Crippen LogP contribution in [0.4, 0.5) is 0 Å². The van der Waals surface area contributed by atoms with Gasteiger partial charge in [0.2, 0.25) is 5.91 Å². The van der Waals surface area contributed by atoms with Gasteiger partial charge < -0.3 is 9.73 Å². The molecule has 0 unspecified atom stereocenters. The number of pyridine rings is 1. The van der Waals surface area contributed by atoms with Gasteiger partial charge in [-0.3, -0.25) is 4.79 Å². The SMILES string of the molecule is CCc1cc2ccc(C)cc2nc1SCC(=O)NCc1ccco1. The molecule has 0 fully saturated rings. The van der Waals surface area contributed by atoms with Crippen molar-refractivity contribution in [1.82, 2.24) is 10.3 Å². The molecule has 1 aromatic carbocycles. The van der Waals surface area contributed by atoms with Crippen molar-refractivity contribution in [2.24, 2.45) is 0 Å². The van der Waals surface area contributed by atoms with Crippen LogP contribution in [0.2, 0.25) is 0 Å². The van der Waals surface area contributed by atoms with Crippen molar-refractivity contribution in [2.45, 2.75) is 31.8 Å². The molecule has 3 rings (SSSR count). The number of fused-ring (bicyclic) bond motifs is 1. The lowest BCUT2D eigenvalue weighted by Crippen LogP contribution is -2.24. The van der Waals surface area contributed by atoms with Crippen LogP contribution in [0.5, 0.6) is 0 Å². The lowest BCUT2D eigenvalue weighted by atomic mass is 10.1. The molecule has 124 valence electrons. The Bertz CT molecular complexity index is 844. The van der Waals surface area contributed by atoms with E-state index < -0.39 is 0 Å². The first kappa shape index (κ1) is 16.6. The molecular weight excluding hydrogens is 320 g/mol. The van der Waals surface area contributed by atoms with Gasteiger partial charge in [0.25, 0.3) is 0 Å². The molecule has 1 amide bonds. The summed E-state index contributed by atoms with van der Waals surface area (Å²) < 4.78 is 5.21. The third-order valence-corrected chi connectivity index (χ3v) is 4.81. The number of furan rings is 1. The monoisotopic (exact) mass is 340 g/mol. The molecule has 5 heteroatoms. The van der Waals surface area contributed by atoms with Crippen LogP contribution in [-0.2, 0) is 17.8 Å². The van der Waals surface area contributed by atoms with Crippen LogP contribution in [0.25, 0.3) is 10.9 Å². The van der Waals surface area contributed by atoms with Crippen LogP contribution >= 0.6 is 11.8 Å². The minimum atomic E-state index is -0.0235. The molecule has 0 aliphatic carbocycles. The van der Waals surface area contributed by atoms with E-state index >= 15 is 0 Å². The Hall–Kier alpha value is -2.27. The average Bonchev–Trinajstić information content (AvgIpc) is 3.10. The van der Waals surface area contributed by atoms with Crippen molar-refractivity contribution in [3.8, 4) is 0 Å². The van der Waals surface area contributed by atoms with E-state index in [1.54, 1.807) is 6.26 Å². The second-order valence-corrected chi connectivity index (χ2v) is 6.61. The fourth-order valence-corrected chi connectivity index (χ4v) is 3.39. The van der Waals surface area contributed by atoms with Gasteiger partial charge in [0.05, 0.1) is 24.1 Å². The van der Waals surface area contributed by atoms with Gasteiger partial charge in [-0.05, 0) is 48.7 Å². The average molecular weight is 340 g/mol. The Kier molecular flexibility index (Phi) is 5.20. The third kappa shape index (κ3) is 3.97. The van der Waals surface area contributed by atoms with Crippen LogP contribution in [0.15, 0.2) is 52.1 Å². The summed E-state index contributed by atoms with van der Waals surface area (Å²) in [6.07, 6.45) is 2.50. The second-order valence-electron chi connectivity index (χ2n) is 5.65. The summed E-state index contributed by atoms with van der Waals surface area (Å²) in [4.78, 5) is 16.8. The van der Waals surface area contributed by atoms with Crippen LogP contribution < -0.4 is 5.32 Å². The first-order valence-corrected chi connectivity index (χ1v) is 8.96. The van der Waals surface area contributed by atoms with Gasteiger partial charge in [-0.25, -0.2) is 4.98 Å². The van der Waals surface area contributed by atoms with E-state index in [0.29, 0.717) is 12.3 Å². The van der Waals surface area contributed by atoms with Crippen LogP contribution in [-0.4, -0.2) is 16.6 Å². The Labute approximate surface area is 145 Å². The maximum atomic E-state index is 12.0. The number of carbonyl (C=O) groups excluding carboxylic acids is 1. The zero-order valence-corrected chi connectivity index (χ0v) is 14.7. The maximum absolute atomic E-state index is 12.0. The molecule has 0 saturated heterocycles. The van der Waals surface area contributed by atoms with Crippen LogP contribution in [0.1, 0.15) is 23.8 Å². The maximum Gasteiger partial charge on any atom is 0.230 e. The molecule has 0 aliphatic heterocycles. The topological polar surface area (TPSA) is 55.1 Å². The number of hydrogen-bond acceptors (Lipinski definition) is 4. The number of thioether (sulfide) groups is 1. The molecule has 0 bridgehead atoms. The van der Waals surface area contributed by atoms with Crippen molar-refractivity contribution in [3.05, 3.63) is 59.5 Å². The number of nitrogens with zero attached hydrogens (tertiary/aromatic N) is 1. The summed E-state index contributed by atoms with van der Waals surface area (Å²) in [5.74, 6) is 1.07. The normalized spacial score (nSPS) is 10.9. The molecule has 0 saturated carbocycles. The van der Waals surface area contributed by atoms with Gasteiger partial charge in [0.1, 0.15) is 10.8 Å². The highest BCUT2D eigenvalue weighted by Crippen LogP contribution is 2.26. The fourth-order valence-electron chi connectivity index (χ4n) is 2.47. The van der Waals surface area contributed by atoms with E-state index in [1.165, 1.54) is 22.9 Å². The number of aryl methyl sites for hydroxylation is 2. The highest BCUT2D eigenvalue weighted by molar-refractivity contribution is 7.99. The molecule has 0 spiro atoms. The smallest absolute Gasteiger partial charge is 0.230 e. The summed E-state index contributed by atoms with van der Waals surface area (Å²) in [5, 5.41) is 4.93. The van der Waals surface area contributed by atoms with Crippen LogP contribution in [0, 0.1) is 6.92 Å². The van der Waals surface area contributed by atoms with E-state index in [-0.39, 0.29) is 5.91 Å². The first-order valence-electron chi connectivity index (χ1n) is 7.98. The lowest BCUT2D eigenvalue weighted by molar-refractivity contribution is -0.118. The Morgan fingerprint density at radius 3 is 2.92 bits per heavy atom. The molecule has 24 heavy (non-hydrogen) atoms. The molecule has 0 aliphatic rings. The largest absolute Gasteiger partial charge is 0.467 e. The molecule has 0 atom stereocenters. The minimum absolute atomic E-state index is 0.0235. The summed E-state index contributed by atoms with van der Waals surface area (Å²) in [5.41, 5.74) is 3.34. The van der Waals surface area contributed by atoms with Crippen molar-refractivity contribution in [1.29, 1.82) is 0 Å². The minimum Gasteiger partial charge on any atom is -0.467 e. The highest BCUT2D eigenvalue weighted by atomic mass is 32.2. The van der Waals surface area contributed by atoms with E-state index in [2.05, 4.69) is 43.4 Å². The van der Waals surface area contributed by atoms with Gasteiger partial charge in [-0.1, -0.05) is 30.8 Å². The molecule has 2 aromatic heterocycles. The number of hydrogen-bond donors (Lipinski definition) is 1. The second kappa shape index (κ2) is 7.53. The zero-order chi connectivity index (χ0) is 16.9. The van der Waals surface area contributed by atoms with Gasteiger partial charge in [0, 0.05) is 5.39 Å². The van der Waals surface area contributed by atoms with Crippen molar-refractivity contribution in [2.75, 3.05) is 5.75 Å². The zero-order valence-electron chi connectivity index (χ0n) is 13.8. The van der Waals surface area contributed by atoms with E-state index in [4.69, 9.17) is 9.40 Å². The van der Waals surface area contributed by atoms with Gasteiger partial charge >= 0.3 is 0 Å². The number of amides is 1. The summed E-state index contributed by atoms with van der Waals surface area (Å²) in [7, 11) is 0. The summed E-state index contributed by atoms with van der Waals surface area (Å²) in [6, 6.07) is 12.1. The number of aromatic nitrogens is 1. The Morgan fingerprint density at radius 1 is 1.29 bits per heavy atom. The Morgan fingerprint density at radius 2 is 2.17 bits per heavy atom.